The summed E-state index contributed by atoms with van der Waals surface area (Å²) in [7, 11) is -2.22. The Morgan fingerprint density at radius 3 is 2.59 bits per heavy atom. The molecular formula is C18H20FIN2O4S. The first-order valence-corrected chi connectivity index (χ1v) is 11.0. The van der Waals surface area contributed by atoms with Gasteiger partial charge in [0.2, 0.25) is 10.0 Å². The minimum Gasteiger partial charge on any atom is -0.396 e. The minimum absolute atomic E-state index is 0.0870. The highest BCUT2D eigenvalue weighted by molar-refractivity contribution is 14.1. The molecule has 0 radical (unpaired) electrons. The standard InChI is InChI=1S/C18H20FIN2O4S/c1-22-11-16(21-27(25,26)18(4-5-18)6-7-23)13(9-17(22)24)8-12-2-3-14(20)10-15(12)19/h2-3,9-11,21,23H,4-8H2,1H3. The number of hydrogen-bond donors (Lipinski definition) is 2. The Kier molecular flexibility index (Phi) is 5.64. The molecule has 1 aliphatic carbocycles. The van der Waals surface area contributed by atoms with Gasteiger partial charge in [-0.3, -0.25) is 9.52 Å². The summed E-state index contributed by atoms with van der Waals surface area (Å²) in [6.45, 7) is -0.213. The van der Waals surface area contributed by atoms with E-state index in [-0.39, 0.29) is 30.7 Å². The van der Waals surface area contributed by atoms with Gasteiger partial charge in [0.15, 0.2) is 0 Å². The number of aliphatic hydroxyl groups is 1. The highest BCUT2D eigenvalue weighted by Crippen LogP contribution is 2.47. The number of aryl methyl sites for hydroxylation is 1. The molecule has 3 rings (SSSR count). The molecule has 1 fully saturated rings. The molecule has 27 heavy (non-hydrogen) atoms. The molecule has 1 saturated carbocycles. The van der Waals surface area contributed by atoms with E-state index in [1.165, 1.54) is 29.9 Å². The normalized spacial score (nSPS) is 15.6. The fraction of sp³-hybridized carbons (Fsp3) is 0.389. The third-order valence-corrected chi connectivity index (χ3v) is 7.81. The minimum atomic E-state index is -3.75. The monoisotopic (exact) mass is 506 g/mol. The van der Waals surface area contributed by atoms with Gasteiger partial charge in [0, 0.05) is 35.9 Å². The molecule has 146 valence electrons. The summed E-state index contributed by atoms with van der Waals surface area (Å²) >= 11 is 2.01. The van der Waals surface area contributed by atoms with E-state index in [0.717, 1.165) is 3.57 Å². The SMILES string of the molecule is Cn1cc(NS(=O)(=O)C2(CCO)CC2)c(Cc2ccc(I)cc2F)cc1=O. The molecule has 9 heteroatoms. The van der Waals surface area contributed by atoms with Crippen LogP contribution in [0.3, 0.4) is 0 Å². The van der Waals surface area contributed by atoms with Gasteiger partial charge < -0.3 is 9.67 Å². The number of hydrogen-bond acceptors (Lipinski definition) is 4. The van der Waals surface area contributed by atoms with Crippen molar-refractivity contribution in [3.05, 3.63) is 61.3 Å². The number of nitrogens with one attached hydrogen (secondary N) is 1. The molecule has 2 N–H and O–H groups in total. The van der Waals surface area contributed by atoms with E-state index < -0.39 is 20.6 Å². The predicted molar refractivity (Wildman–Crippen MR) is 110 cm³/mol. The van der Waals surface area contributed by atoms with Crippen molar-refractivity contribution in [2.75, 3.05) is 11.3 Å². The number of halogens is 2. The quantitative estimate of drug-likeness (QED) is 0.565. The van der Waals surface area contributed by atoms with Crippen molar-refractivity contribution in [2.24, 2.45) is 7.05 Å². The number of anilines is 1. The van der Waals surface area contributed by atoms with Gasteiger partial charge in [-0.05, 0) is 65.1 Å². The van der Waals surface area contributed by atoms with E-state index in [0.29, 0.717) is 24.0 Å². The fourth-order valence-electron chi connectivity index (χ4n) is 3.03. The number of aromatic nitrogens is 1. The fourth-order valence-corrected chi connectivity index (χ4v) is 5.17. The average molecular weight is 506 g/mol. The van der Waals surface area contributed by atoms with Crippen LogP contribution in [-0.4, -0.2) is 29.4 Å². The van der Waals surface area contributed by atoms with Gasteiger partial charge in [0.25, 0.3) is 5.56 Å². The predicted octanol–water partition coefficient (Wildman–Crippen LogP) is 2.38. The molecule has 0 unspecified atom stereocenters. The lowest BCUT2D eigenvalue weighted by Crippen LogP contribution is -2.32. The van der Waals surface area contributed by atoms with Gasteiger partial charge in [-0.1, -0.05) is 6.07 Å². The maximum atomic E-state index is 14.2. The summed E-state index contributed by atoms with van der Waals surface area (Å²) in [5.41, 5.74) is 0.719. The summed E-state index contributed by atoms with van der Waals surface area (Å²) in [5.74, 6) is -0.407. The molecule has 0 saturated heterocycles. The van der Waals surface area contributed by atoms with Gasteiger partial charge in [0.1, 0.15) is 5.82 Å². The van der Waals surface area contributed by atoms with E-state index in [2.05, 4.69) is 4.72 Å². The summed E-state index contributed by atoms with van der Waals surface area (Å²) in [4.78, 5) is 12.1. The van der Waals surface area contributed by atoms with Gasteiger partial charge in [0.05, 0.1) is 10.4 Å². The van der Waals surface area contributed by atoms with Crippen molar-refractivity contribution in [3.63, 3.8) is 0 Å². The maximum Gasteiger partial charge on any atom is 0.250 e. The smallest absolute Gasteiger partial charge is 0.250 e. The number of sulfonamides is 1. The van der Waals surface area contributed by atoms with E-state index in [9.17, 15) is 22.7 Å². The molecule has 0 spiro atoms. The highest BCUT2D eigenvalue weighted by Gasteiger charge is 2.54. The second-order valence-corrected chi connectivity index (χ2v) is 10.2. The van der Waals surface area contributed by atoms with Crippen molar-refractivity contribution in [1.29, 1.82) is 0 Å². The number of pyridine rings is 1. The molecule has 0 aliphatic heterocycles. The zero-order valence-electron chi connectivity index (χ0n) is 14.7. The van der Waals surface area contributed by atoms with Crippen LogP contribution < -0.4 is 10.3 Å². The Hall–Kier alpha value is -1.46. The molecular weight excluding hydrogens is 486 g/mol. The van der Waals surface area contributed by atoms with Crippen LogP contribution in [0.15, 0.2) is 35.3 Å². The Balaban J connectivity index is 1.98. The van der Waals surface area contributed by atoms with E-state index in [1.807, 2.05) is 22.6 Å². The number of rotatable bonds is 7. The summed E-state index contributed by atoms with van der Waals surface area (Å²) in [6.07, 6.45) is 2.62. The van der Waals surface area contributed by atoms with Crippen molar-refractivity contribution in [2.45, 2.75) is 30.4 Å². The largest absolute Gasteiger partial charge is 0.396 e. The van der Waals surface area contributed by atoms with E-state index in [1.54, 1.807) is 12.1 Å². The van der Waals surface area contributed by atoms with Gasteiger partial charge in [-0.15, -0.1) is 0 Å². The lowest BCUT2D eigenvalue weighted by molar-refractivity contribution is 0.283. The Morgan fingerprint density at radius 2 is 2.00 bits per heavy atom. The second kappa shape index (κ2) is 7.51. The van der Waals surface area contributed by atoms with Crippen molar-refractivity contribution >= 4 is 38.3 Å². The Labute approximate surface area is 170 Å². The lowest BCUT2D eigenvalue weighted by Gasteiger charge is -2.19. The second-order valence-electron chi connectivity index (χ2n) is 6.84. The van der Waals surface area contributed by atoms with Crippen LogP contribution >= 0.6 is 22.6 Å². The first kappa shape index (κ1) is 20.3. The van der Waals surface area contributed by atoms with Gasteiger partial charge >= 0.3 is 0 Å². The third-order valence-electron chi connectivity index (χ3n) is 4.90. The molecule has 1 aromatic carbocycles. The lowest BCUT2D eigenvalue weighted by atomic mass is 10.0. The van der Waals surface area contributed by atoms with Crippen LogP contribution in [0.5, 0.6) is 0 Å². The molecule has 0 atom stereocenters. The zero-order valence-corrected chi connectivity index (χ0v) is 17.7. The number of aliphatic hydroxyl groups excluding tert-OH is 1. The van der Waals surface area contributed by atoms with Gasteiger partial charge in [-0.2, -0.15) is 0 Å². The number of nitrogens with zero attached hydrogens (tertiary/aromatic N) is 1. The van der Waals surface area contributed by atoms with Crippen LogP contribution in [0.2, 0.25) is 0 Å². The summed E-state index contributed by atoms with van der Waals surface area (Å²) < 4.78 is 43.5. The Morgan fingerprint density at radius 1 is 1.30 bits per heavy atom. The van der Waals surface area contributed by atoms with Crippen LogP contribution in [0.4, 0.5) is 10.1 Å². The average Bonchev–Trinajstić information content (AvgIpc) is 3.36. The molecule has 0 amide bonds. The zero-order chi connectivity index (χ0) is 19.8. The van der Waals surface area contributed by atoms with E-state index in [4.69, 9.17) is 0 Å². The van der Waals surface area contributed by atoms with Crippen LogP contribution in [0.25, 0.3) is 0 Å². The van der Waals surface area contributed by atoms with E-state index >= 15 is 0 Å². The van der Waals surface area contributed by atoms with Crippen LogP contribution in [0.1, 0.15) is 30.4 Å². The Bertz CT molecular complexity index is 1030. The molecule has 2 aromatic rings. The topological polar surface area (TPSA) is 88.4 Å². The molecule has 1 aliphatic rings. The van der Waals surface area contributed by atoms with Crippen LogP contribution in [0, 0.1) is 9.39 Å². The molecule has 1 aromatic heterocycles. The summed E-state index contributed by atoms with van der Waals surface area (Å²) in [6, 6.07) is 6.09. The van der Waals surface area contributed by atoms with Crippen molar-refractivity contribution in [1.82, 2.24) is 4.57 Å². The first-order valence-electron chi connectivity index (χ1n) is 8.44. The van der Waals surface area contributed by atoms with Crippen LogP contribution in [-0.2, 0) is 23.5 Å². The maximum absolute atomic E-state index is 14.2. The molecule has 6 nitrogen and oxygen atoms in total. The first-order chi connectivity index (χ1) is 12.7. The summed E-state index contributed by atoms with van der Waals surface area (Å²) in [5, 5.41) is 9.17. The molecule has 0 bridgehead atoms. The van der Waals surface area contributed by atoms with Gasteiger partial charge in [-0.25, -0.2) is 12.8 Å². The number of benzene rings is 1. The van der Waals surface area contributed by atoms with Crippen molar-refractivity contribution in [3.8, 4) is 0 Å². The third kappa shape index (κ3) is 4.19. The van der Waals surface area contributed by atoms with Crippen molar-refractivity contribution < 1.29 is 17.9 Å². The molecule has 1 heterocycles. The highest BCUT2D eigenvalue weighted by atomic mass is 127.